The van der Waals surface area contributed by atoms with Crippen LogP contribution in [-0.4, -0.2) is 36.9 Å². The van der Waals surface area contributed by atoms with E-state index in [9.17, 15) is 4.79 Å². The molecule has 0 aromatic rings. The van der Waals surface area contributed by atoms with Crippen LogP contribution in [0.3, 0.4) is 0 Å². The first-order chi connectivity index (χ1) is 7.69. The molecular formula is C12H23NO3. The molecule has 3 atom stereocenters. The van der Waals surface area contributed by atoms with Crippen LogP contribution in [-0.2, 0) is 9.53 Å². The third kappa shape index (κ3) is 3.76. The molecule has 1 aliphatic carbocycles. The quantitative estimate of drug-likeness (QED) is 0.689. The smallest absolute Gasteiger partial charge is 0.309 e. The van der Waals surface area contributed by atoms with Crippen molar-refractivity contribution >= 4 is 5.97 Å². The predicted molar refractivity (Wildman–Crippen MR) is 62.0 cm³/mol. The van der Waals surface area contributed by atoms with Crippen LogP contribution < -0.4 is 5.32 Å². The fourth-order valence-corrected chi connectivity index (χ4v) is 2.45. The van der Waals surface area contributed by atoms with Gasteiger partial charge in [-0.05, 0) is 32.1 Å². The van der Waals surface area contributed by atoms with Gasteiger partial charge in [0, 0.05) is 12.6 Å². The molecule has 0 aliphatic heterocycles. The maximum Gasteiger partial charge on any atom is 0.309 e. The van der Waals surface area contributed by atoms with Crippen molar-refractivity contribution in [1.29, 1.82) is 0 Å². The average molecular weight is 229 g/mol. The number of aliphatic hydroxyl groups is 1. The van der Waals surface area contributed by atoms with Gasteiger partial charge < -0.3 is 15.2 Å². The molecule has 1 rings (SSSR count). The van der Waals surface area contributed by atoms with Gasteiger partial charge in [0.15, 0.2) is 0 Å². The molecule has 0 bridgehead atoms. The Hall–Kier alpha value is -0.610. The molecule has 2 N–H and O–H groups in total. The SMILES string of the molecule is CCOC(=O)C1CCC(NCCO)CC1C. The Bertz CT molecular complexity index is 220. The second-order valence-corrected chi connectivity index (χ2v) is 4.52. The zero-order valence-corrected chi connectivity index (χ0v) is 10.2. The zero-order valence-electron chi connectivity index (χ0n) is 10.2. The Morgan fingerprint density at radius 1 is 1.50 bits per heavy atom. The Morgan fingerprint density at radius 3 is 2.81 bits per heavy atom. The molecule has 0 aromatic carbocycles. The molecule has 0 heterocycles. The normalized spacial score (nSPS) is 30.1. The summed E-state index contributed by atoms with van der Waals surface area (Å²) in [7, 11) is 0. The lowest BCUT2D eigenvalue weighted by Crippen LogP contribution is -2.40. The van der Waals surface area contributed by atoms with E-state index in [0.29, 0.717) is 25.1 Å². The topological polar surface area (TPSA) is 58.6 Å². The van der Waals surface area contributed by atoms with Crippen molar-refractivity contribution in [3.63, 3.8) is 0 Å². The number of hydrogen-bond donors (Lipinski definition) is 2. The number of aliphatic hydroxyl groups excluding tert-OH is 1. The van der Waals surface area contributed by atoms with Gasteiger partial charge in [0.2, 0.25) is 0 Å². The largest absolute Gasteiger partial charge is 0.466 e. The highest BCUT2D eigenvalue weighted by Crippen LogP contribution is 2.30. The Balaban J connectivity index is 2.36. The van der Waals surface area contributed by atoms with E-state index in [1.807, 2.05) is 6.92 Å². The van der Waals surface area contributed by atoms with Gasteiger partial charge in [-0.25, -0.2) is 0 Å². The van der Waals surface area contributed by atoms with E-state index in [-0.39, 0.29) is 18.5 Å². The fraction of sp³-hybridized carbons (Fsp3) is 0.917. The number of nitrogens with one attached hydrogen (secondary N) is 1. The van der Waals surface area contributed by atoms with E-state index in [1.54, 1.807) is 0 Å². The minimum Gasteiger partial charge on any atom is -0.466 e. The monoisotopic (exact) mass is 229 g/mol. The lowest BCUT2D eigenvalue weighted by Gasteiger charge is -2.33. The summed E-state index contributed by atoms with van der Waals surface area (Å²) in [5.41, 5.74) is 0. The second-order valence-electron chi connectivity index (χ2n) is 4.52. The van der Waals surface area contributed by atoms with E-state index < -0.39 is 0 Å². The summed E-state index contributed by atoms with van der Waals surface area (Å²) >= 11 is 0. The van der Waals surface area contributed by atoms with Crippen LogP contribution in [0.1, 0.15) is 33.1 Å². The van der Waals surface area contributed by atoms with Crippen LogP contribution in [0.2, 0.25) is 0 Å². The minimum absolute atomic E-state index is 0.0457. The molecule has 4 nitrogen and oxygen atoms in total. The molecule has 3 unspecified atom stereocenters. The lowest BCUT2D eigenvalue weighted by atomic mass is 9.78. The summed E-state index contributed by atoms with van der Waals surface area (Å²) in [6.07, 6.45) is 2.88. The number of carbonyl (C=O) groups is 1. The number of esters is 1. The molecule has 1 saturated carbocycles. The van der Waals surface area contributed by atoms with Gasteiger partial charge in [-0.3, -0.25) is 4.79 Å². The van der Waals surface area contributed by atoms with Gasteiger partial charge in [-0.15, -0.1) is 0 Å². The molecule has 0 saturated heterocycles. The highest BCUT2D eigenvalue weighted by atomic mass is 16.5. The molecule has 1 fully saturated rings. The number of hydrogen-bond acceptors (Lipinski definition) is 4. The molecule has 0 aromatic heterocycles. The Morgan fingerprint density at radius 2 is 2.25 bits per heavy atom. The zero-order chi connectivity index (χ0) is 12.0. The first-order valence-electron chi connectivity index (χ1n) is 6.19. The van der Waals surface area contributed by atoms with Crippen LogP contribution in [0.5, 0.6) is 0 Å². The average Bonchev–Trinajstić information content (AvgIpc) is 2.26. The highest BCUT2D eigenvalue weighted by Gasteiger charge is 2.32. The van der Waals surface area contributed by atoms with Crippen molar-refractivity contribution in [1.82, 2.24) is 5.32 Å². The summed E-state index contributed by atoms with van der Waals surface area (Å²) in [6, 6.07) is 0.438. The number of rotatable bonds is 5. The van der Waals surface area contributed by atoms with Crippen molar-refractivity contribution in [2.24, 2.45) is 11.8 Å². The lowest BCUT2D eigenvalue weighted by molar-refractivity contribution is -0.151. The van der Waals surface area contributed by atoms with Crippen molar-refractivity contribution in [3.8, 4) is 0 Å². The number of carbonyl (C=O) groups excluding carboxylic acids is 1. The summed E-state index contributed by atoms with van der Waals surface area (Å²) < 4.78 is 5.07. The number of ether oxygens (including phenoxy) is 1. The molecule has 0 radical (unpaired) electrons. The molecule has 1 aliphatic rings. The molecule has 16 heavy (non-hydrogen) atoms. The van der Waals surface area contributed by atoms with Crippen LogP contribution >= 0.6 is 0 Å². The summed E-state index contributed by atoms with van der Waals surface area (Å²) in [4.78, 5) is 11.6. The summed E-state index contributed by atoms with van der Waals surface area (Å²) in [5, 5.41) is 12.0. The van der Waals surface area contributed by atoms with E-state index in [4.69, 9.17) is 9.84 Å². The van der Waals surface area contributed by atoms with Crippen molar-refractivity contribution < 1.29 is 14.6 Å². The van der Waals surface area contributed by atoms with Crippen LogP contribution in [0, 0.1) is 11.8 Å². The van der Waals surface area contributed by atoms with Crippen LogP contribution in [0.4, 0.5) is 0 Å². The summed E-state index contributed by atoms with van der Waals surface area (Å²) in [6.45, 7) is 5.23. The van der Waals surface area contributed by atoms with Gasteiger partial charge in [0.05, 0.1) is 19.1 Å². The summed E-state index contributed by atoms with van der Waals surface area (Å²) in [5.74, 6) is 0.381. The second kappa shape index (κ2) is 6.86. The van der Waals surface area contributed by atoms with Crippen molar-refractivity contribution in [2.75, 3.05) is 19.8 Å². The maximum atomic E-state index is 11.6. The highest BCUT2D eigenvalue weighted by molar-refractivity contribution is 5.72. The molecule has 94 valence electrons. The van der Waals surface area contributed by atoms with E-state index in [0.717, 1.165) is 19.3 Å². The maximum absolute atomic E-state index is 11.6. The molecular weight excluding hydrogens is 206 g/mol. The van der Waals surface area contributed by atoms with Crippen molar-refractivity contribution in [2.45, 2.75) is 39.2 Å². The van der Waals surface area contributed by atoms with E-state index in [1.165, 1.54) is 0 Å². The Kier molecular flexibility index (Phi) is 5.77. The first kappa shape index (κ1) is 13.5. The third-order valence-electron chi connectivity index (χ3n) is 3.30. The van der Waals surface area contributed by atoms with Gasteiger partial charge >= 0.3 is 5.97 Å². The predicted octanol–water partition coefficient (Wildman–Crippen LogP) is 0.936. The van der Waals surface area contributed by atoms with Gasteiger partial charge in [-0.2, -0.15) is 0 Å². The van der Waals surface area contributed by atoms with Crippen molar-refractivity contribution in [3.05, 3.63) is 0 Å². The van der Waals surface area contributed by atoms with E-state index >= 15 is 0 Å². The molecule has 0 amide bonds. The van der Waals surface area contributed by atoms with Crippen LogP contribution in [0.15, 0.2) is 0 Å². The van der Waals surface area contributed by atoms with Gasteiger partial charge in [0.1, 0.15) is 0 Å². The molecule has 0 spiro atoms. The van der Waals surface area contributed by atoms with E-state index in [2.05, 4.69) is 12.2 Å². The van der Waals surface area contributed by atoms with Gasteiger partial charge in [0.25, 0.3) is 0 Å². The standard InChI is InChI=1S/C12H23NO3/c1-3-16-12(15)11-5-4-10(8-9(11)2)13-6-7-14/h9-11,13-14H,3-8H2,1-2H3. The Labute approximate surface area is 97.4 Å². The minimum atomic E-state index is -0.0457. The molecule has 4 heteroatoms. The third-order valence-corrected chi connectivity index (χ3v) is 3.30. The van der Waals surface area contributed by atoms with Gasteiger partial charge in [-0.1, -0.05) is 6.92 Å². The van der Waals surface area contributed by atoms with Crippen LogP contribution in [0.25, 0.3) is 0 Å². The first-order valence-corrected chi connectivity index (χ1v) is 6.19. The fourth-order valence-electron chi connectivity index (χ4n) is 2.45.